The van der Waals surface area contributed by atoms with E-state index < -0.39 is 10.0 Å². The van der Waals surface area contributed by atoms with Crippen LogP contribution in [0.2, 0.25) is 0 Å². The molecule has 0 fully saturated rings. The van der Waals surface area contributed by atoms with Crippen LogP contribution in [0.4, 0.5) is 5.69 Å². The van der Waals surface area contributed by atoms with Crippen LogP contribution in [0.1, 0.15) is 16.0 Å². The molecule has 0 aliphatic carbocycles. The van der Waals surface area contributed by atoms with Crippen molar-refractivity contribution in [3.63, 3.8) is 0 Å². The minimum absolute atomic E-state index is 0.267. The van der Waals surface area contributed by atoms with E-state index in [-0.39, 0.29) is 4.90 Å². The molecule has 0 atom stereocenters. The van der Waals surface area contributed by atoms with Crippen LogP contribution in [0.3, 0.4) is 0 Å². The number of thiophene rings is 1. The third-order valence-electron chi connectivity index (χ3n) is 3.69. The molecule has 0 radical (unpaired) electrons. The topological polar surface area (TPSA) is 46.2 Å². The van der Waals surface area contributed by atoms with Gasteiger partial charge in [-0.15, -0.1) is 11.3 Å². The highest BCUT2D eigenvalue weighted by atomic mass is 32.2. The summed E-state index contributed by atoms with van der Waals surface area (Å²) in [4.78, 5) is 2.63. The van der Waals surface area contributed by atoms with Crippen molar-refractivity contribution >= 4 is 27.0 Å². The van der Waals surface area contributed by atoms with Crippen molar-refractivity contribution in [3.8, 4) is 10.4 Å². The van der Waals surface area contributed by atoms with Gasteiger partial charge in [0.05, 0.1) is 4.90 Å². The first kappa shape index (κ1) is 16.7. The van der Waals surface area contributed by atoms with Gasteiger partial charge in [0.25, 0.3) is 10.0 Å². The average molecular weight is 358 g/mol. The lowest BCUT2D eigenvalue weighted by molar-refractivity contribution is 0.601. The number of rotatable bonds is 4. The molecule has 0 aliphatic rings. The van der Waals surface area contributed by atoms with Gasteiger partial charge in [-0.3, -0.25) is 4.72 Å². The molecule has 0 saturated heterocycles. The first-order valence-electron chi connectivity index (χ1n) is 7.61. The molecule has 1 aromatic heterocycles. The van der Waals surface area contributed by atoms with Crippen LogP contribution in [0.25, 0.3) is 10.4 Å². The molecule has 0 spiro atoms. The van der Waals surface area contributed by atoms with Gasteiger partial charge in [0.2, 0.25) is 0 Å². The van der Waals surface area contributed by atoms with Crippen LogP contribution in [0.15, 0.2) is 59.5 Å². The minimum Gasteiger partial charge on any atom is -0.280 e. The first-order valence-corrected chi connectivity index (χ1v) is 9.91. The summed E-state index contributed by atoms with van der Waals surface area (Å²) in [6, 6.07) is 16.8. The Balaban J connectivity index is 1.95. The van der Waals surface area contributed by atoms with Crippen LogP contribution in [0, 0.1) is 20.8 Å². The van der Waals surface area contributed by atoms with E-state index >= 15 is 0 Å². The Kier molecular flexibility index (Phi) is 4.47. The van der Waals surface area contributed by atoms with Gasteiger partial charge >= 0.3 is 0 Å². The first-order chi connectivity index (χ1) is 11.3. The lowest BCUT2D eigenvalue weighted by Gasteiger charge is -2.11. The van der Waals surface area contributed by atoms with Crippen molar-refractivity contribution in [2.75, 3.05) is 4.72 Å². The molecule has 1 heterocycles. The fourth-order valence-corrected chi connectivity index (χ4v) is 4.40. The van der Waals surface area contributed by atoms with Crippen LogP contribution in [-0.2, 0) is 10.0 Å². The van der Waals surface area contributed by atoms with Crippen molar-refractivity contribution < 1.29 is 8.42 Å². The molecule has 0 unspecified atom stereocenters. The second-order valence-corrected chi connectivity index (χ2v) is 8.89. The molecule has 124 valence electrons. The summed E-state index contributed by atoms with van der Waals surface area (Å²) in [6.45, 7) is 5.96. The molecule has 3 rings (SSSR count). The number of benzene rings is 2. The Bertz CT molecular complexity index is 971. The van der Waals surface area contributed by atoms with E-state index in [9.17, 15) is 8.42 Å². The van der Waals surface area contributed by atoms with Crippen molar-refractivity contribution in [3.05, 3.63) is 70.6 Å². The number of hydrogen-bond donors (Lipinski definition) is 1. The zero-order valence-electron chi connectivity index (χ0n) is 13.8. The van der Waals surface area contributed by atoms with E-state index in [0.29, 0.717) is 5.69 Å². The highest BCUT2D eigenvalue weighted by molar-refractivity contribution is 7.92. The molecule has 1 N–H and O–H groups in total. The zero-order valence-corrected chi connectivity index (χ0v) is 15.5. The molecule has 24 heavy (non-hydrogen) atoms. The maximum Gasteiger partial charge on any atom is 0.261 e. The number of hydrogen-bond acceptors (Lipinski definition) is 3. The van der Waals surface area contributed by atoms with Gasteiger partial charge in [-0.25, -0.2) is 8.42 Å². The molecular formula is C19H19NO2S2. The summed E-state index contributed by atoms with van der Waals surface area (Å²) in [5, 5.41) is 0. The van der Waals surface area contributed by atoms with Crippen LogP contribution in [-0.4, -0.2) is 8.42 Å². The van der Waals surface area contributed by atoms with Gasteiger partial charge < -0.3 is 0 Å². The molecule has 3 nitrogen and oxygen atoms in total. The molecule has 3 aromatic rings. The number of aryl methyl sites for hydroxylation is 3. The highest BCUT2D eigenvalue weighted by Gasteiger charge is 2.15. The zero-order chi connectivity index (χ0) is 17.3. The third-order valence-corrected chi connectivity index (χ3v) is 6.13. The van der Waals surface area contributed by atoms with E-state index in [1.54, 1.807) is 35.6 Å². The Morgan fingerprint density at radius 2 is 1.54 bits per heavy atom. The van der Waals surface area contributed by atoms with Gasteiger partial charge in [-0.1, -0.05) is 23.8 Å². The normalized spacial score (nSPS) is 11.5. The predicted octanol–water partition coefficient (Wildman–Crippen LogP) is 5.14. The fourth-order valence-electron chi connectivity index (χ4n) is 2.51. The number of sulfonamides is 1. The lowest BCUT2D eigenvalue weighted by Crippen LogP contribution is -2.13. The number of nitrogens with one attached hydrogen (secondary N) is 1. The van der Waals surface area contributed by atoms with Gasteiger partial charge in [-0.2, -0.15) is 0 Å². The maximum atomic E-state index is 12.6. The largest absolute Gasteiger partial charge is 0.280 e. The Hall–Kier alpha value is -2.11. The molecular weight excluding hydrogens is 338 g/mol. The second kappa shape index (κ2) is 6.42. The standard InChI is InChI=1S/C19H19NO2S2/c1-13-4-7-18(8-5-13)24(21,22)20-17-11-14(2)10-16(12-17)19-9-6-15(3)23-19/h4-12,20H,1-3H3. The SMILES string of the molecule is Cc1ccc(S(=O)(=O)Nc2cc(C)cc(-c3ccc(C)s3)c2)cc1. The molecule has 0 amide bonds. The molecule has 5 heteroatoms. The van der Waals surface area contributed by atoms with Gasteiger partial charge in [0.1, 0.15) is 0 Å². The van der Waals surface area contributed by atoms with E-state index in [2.05, 4.69) is 29.8 Å². The smallest absolute Gasteiger partial charge is 0.261 e. The minimum atomic E-state index is -3.59. The summed E-state index contributed by atoms with van der Waals surface area (Å²) in [5.74, 6) is 0. The van der Waals surface area contributed by atoms with Gasteiger partial charge in [0.15, 0.2) is 0 Å². The molecule has 0 bridgehead atoms. The van der Waals surface area contributed by atoms with Crippen LogP contribution < -0.4 is 4.72 Å². The van der Waals surface area contributed by atoms with E-state index in [1.807, 2.05) is 26.0 Å². The maximum absolute atomic E-state index is 12.6. The molecule has 2 aromatic carbocycles. The van der Waals surface area contributed by atoms with Crippen molar-refractivity contribution in [2.24, 2.45) is 0 Å². The summed E-state index contributed by atoms with van der Waals surface area (Å²) in [5.41, 5.74) is 3.64. The summed E-state index contributed by atoms with van der Waals surface area (Å²) >= 11 is 1.70. The van der Waals surface area contributed by atoms with Crippen molar-refractivity contribution in [2.45, 2.75) is 25.7 Å². The fraction of sp³-hybridized carbons (Fsp3) is 0.158. The van der Waals surface area contributed by atoms with E-state index in [4.69, 9.17) is 0 Å². The van der Waals surface area contributed by atoms with Crippen LogP contribution in [0.5, 0.6) is 0 Å². The highest BCUT2D eigenvalue weighted by Crippen LogP contribution is 2.31. The number of anilines is 1. The average Bonchev–Trinajstić information content (AvgIpc) is 2.93. The van der Waals surface area contributed by atoms with Crippen LogP contribution >= 0.6 is 11.3 Å². The lowest BCUT2D eigenvalue weighted by atomic mass is 10.1. The third kappa shape index (κ3) is 3.68. The van der Waals surface area contributed by atoms with E-state index in [1.165, 1.54) is 4.88 Å². The second-order valence-electron chi connectivity index (χ2n) is 5.92. The molecule has 0 saturated carbocycles. The molecule has 0 aliphatic heterocycles. The Morgan fingerprint density at radius 1 is 0.833 bits per heavy atom. The van der Waals surface area contributed by atoms with Crippen molar-refractivity contribution in [1.82, 2.24) is 0 Å². The Morgan fingerprint density at radius 3 is 2.17 bits per heavy atom. The summed E-state index contributed by atoms with van der Waals surface area (Å²) in [6.07, 6.45) is 0. The summed E-state index contributed by atoms with van der Waals surface area (Å²) in [7, 11) is -3.59. The summed E-state index contributed by atoms with van der Waals surface area (Å²) < 4.78 is 27.8. The van der Waals surface area contributed by atoms with Crippen molar-refractivity contribution in [1.29, 1.82) is 0 Å². The predicted molar refractivity (Wildman–Crippen MR) is 101 cm³/mol. The van der Waals surface area contributed by atoms with E-state index in [0.717, 1.165) is 21.6 Å². The quantitative estimate of drug-likeness (QED) is 0.702. The monoisotopic (exact) mass is 357 g/mol. The van der Waals surface area contributed by atoms with Gasteiger partial charge in [-0.05, 0) is 68.3 Å². The Labute approximate surface area is 147 Å². The van der Waals surface area contributed by atoms with Gasteiger partial charge in [0, 0.05) is 15.4 Å².